The molecule has 3 nitrogen and oxygen atoms in total. The standard InChI is InChI=1S/C13H9ClN2O/c14-11-3-1-2-4-13(11)17-10-5-6-12(16)9(7-10)8-15/h1-7H,16H2. The molecule has 0 saturated carbocycles. The average molecular weight is 245 g/mol. The summed E-state index contributed by atoms with van der Waals surface area (Å²) in [5, 5.41) is 9.37. The van der Waals surface area contributed by atoms with Crippen molar-refractivity contribution in [3.05, 3.63) is 53.1 Å². The Hall–Kier alpha value is -2.18. The maximum absolute atomic E-state index is 8.85. The van der Waals surface area contributed by atoms with Crippen molar-refractivity contribution in [1.82, 2.24) is 0 Å². The summed E-state index contributed by atoms with van der Waals surface area (Å²) in [4.78, 5) is 0. The van der Waals surface area contributed by atoms with Gasteiger partial charge in [0.2, 0.25) is 0 Å². The van der Waals surface area contributed by atoms with E-state index in [4.69, 9.17) is 27.3 Å². The van der Waals surface area contributed by atoms with E-state index in [0.29, 0.717) is 27.8 Å². The highest BCUT2D eigenvalue weighted by atomic mass is 35.5. The second kappa shape index (κ2) is 4.77. The van der Waals surface area contributed by atoms with Crippen molar-refractivity contribution >= 4 is 17.3 Å². The maximum Gasteiger partial charge on any atom is 0.146 e. The molecule has 0 fully saturated rings. The van der Waals surface area contributed by atoms with Crippen molar-refractivity contribution in [1.29, 1.82) is 5.26 Å². The monoisotopic (exact) mass is 244 g/mol. The predicted octanol–water partition coefficient (Wildman–Crippen LogP) is 3.59. The van der Waals surface area contributed by atoms with Crippen LogP contribution in [-0.2, 0) is 0 Å². The van der Waals surface area contributed by atoms with Crippen LogP contribution < -0.4 is 10.5 Å². The number of nitriles is 1. The normalized spacial score (nSPS) is 9.65. The van der Waals surface area contributed by atoms with E-state index in [-0.39, 0.29) is 0 Å². The summed E-state index contributed by atoms with van der Waals surface area (Å²) in [6, 6.07) is 14.0. The zero-order chi connectivity index (χ0) is 12.3. The number of hydrogen-bond acceptors (Lipinski definition) is 3. The number of halogens is 1. The number of para-hydroxylation sites is 1. The third-order valence-corrected chi connectivity index (χ3v) is 2.52. The minimum Gasteiger partial charge on any atom is -0.456 e. The van der Waals surface area contributed by atoms with Crippen molar-refractivity contribution < 1.29 is 4.74 Å². The van der Waals surface area contributed by atoms with E-state index in [1.165, 1.54) is 0 Å². The summed E-state index contributed by atoms with van der Waals surface area (Å²) in [5.74, 6) is 1.08. The second-order valence-electron chi connectivity index (χ2n) is 3.39. The van der Waals surface area contributed by atoms with E-state index < -0.39 is 0 Å². The lowest BCUT2D eigenvalue weighted by Gasteiger charge is -2.08. The molecule has 17 heavy (non-hydrogen) atoms. The van der Waals surface area contributed by atoms with Gasteiger partial charge in [0.25, 0.3) is 0 Å². The van der Waals surface area contributed by atoms with Crippen molar-refractivity contribution in [3.63, 3.8) is 0 Å². The van der Waals surface area contributed by atoms with E-state index in [9.17, 15) is 0 Å². The zero-order valence-corrected chi connectivity index (χ0v) is 9.61. The lowest BCUT2D eigenvalue weighted by molar-refractivity contribution is 0.483. The molecule has 0 spiro atoms. The fraction of sp³-hybridized carbons (Fsp3) is 0. The Morgan fingerprint density at radius 3 is 2.65 bits per heavy atom. The second-order valence-corrected chi connectivity index (χ2v) is 3.80. The van der Waals surface area contributed by atoms with Gasteiger partial charge in [-0.15, -0.1) is 0 Å². The van der Waals surface area contributed by atoms with Crippen molar-refractivity contribution in [2.24, 2.45) is 0 Å². The smallest absolute Gasteiger partial charge is 0.146 e. The molecule has 0 amide bonds. The predicted molar refractivity (Wildman–Crippen MR) is 67.1 cm³/mol. The van der Waals surface area contributed by atoms with E-state index in [2.05, 4.69) is 0 Å². The van der Waals surface area contributed by atoms with Crippen LogP contribution in [0.1, 0.15) is 5.56 Å². The molecule has 84 valence electrons. The molecule has 2 N–H and O–H groups in total. The molecule has 2 rings (SSSR count). The molecule has 0 radical (unpaired) electrons. The first-order chi connectivity index (χ1) is 8.20. The summed E-state index contributed by atoms with van der Waals surface area (Å²) < 4.78 is 5.57. The number of anilines is 1. The highest BCUT2D eigenvalue weighted by Crippen LogP contribution is 2.30. The number of ether oxygens (including phenoxy) is 1. The molecule has 2 aromatic rings. The van der Waals surface area contributed by atoms with Crippen LogP contribution in [0.15, 0.2) is 42.5 Å². The number of benzene rings is 2. The summed E-state index contributed by atoms with van der Waals surface area (Å²) in [6.07, 6.45) is 0. The lowest BCUT2D eigenvalue weighted by Crippen LogP contribution is -1.91. The van der Waals surface area contributed by atoms with Gasteiger partial charge in [0.05, 0.1) is 10.6 Å². The minimum absolute atomic E-state index is 0.384. The number of rotatable bonds is 2. The number of nitrogens with two attached hydrogens (primary N) is 1. The van der Waals surface area contributed by atoms with Crippen LogP contribution in [0.2, 0.25) is 5.02 Å². The Kier molecular flexibility index (Phi) is 3.17. The van der Waals surface area contributed by atoms with E-state index in [1.54, 1.807) is 30.3 Å². The van der Waals surface area contributed by atoms with Gasteiger partial charge in [-0.2, -0.15) is 5.26 Å². The van der Waals surface area contributed by atoms with Crippen LogP contribution in [0.25, 0.3) is 0 Å². The molecule has 0 saturated heterocycles. The van der Waals surface area contributed by atoms with E-state index in [0.717, 1.165) is 0 Å². The Bertz CT molecular complexity index is 590. The Morgan fingerprint density at radius 1 is 1.18 bits per heavy atom. The summed E-state index contributed by atoms with van der Waals surface area (Å²) >= 11 is 5.96. The quantitative estimate of drug-likeness (QED) is 0.822. The minimum atomic E-state index is 0.384. The van der Waals surface area contributed by atoms with Crippen LogP contribution in [0.4, 0.5) is 5.69 Å². The topological polar surface area (TPSA) is 59.0 Å². The Morgan fingerprint density at radius 2 is 1.94 bits per heavy atom. The van der Waals surface area contributed by atoms with Gasteiger partial charge in [0.15, 0.2) is 0 Å². The van der Waals surface area contributed by atoms with Gasteiger partial charge in [-0.1, -0.05) is 23.7 Å². The van der Waals surface area contributed by atoms with Gasteiger partial charge in [-0.05, 0) is 24.3 Å². The molecule has 0 atom stereocenters. The van der Waals surface area contributed by atoms with Crippen molar-refractivity contribution in [2.75, 3.05) is 5.73 Å². The first kappa shape index (κ1) is 11.3. The van der Waals surface area contributed by atoms with Crippen LogP contribution in [0, 0.1) is 11.3 Å². The molecular formula is C13H9ClN2O. The first-order valence-corrected chi connectivity index (χ1v) is 5.30. The number of nitrogen functional groups attached to an aromatic ring is 1. The van der Waals surface area contributed by atoms with Crippen LogP contribution in [0.3, 0.4) is 0 Å². The summed E-state index contributed by atoms with van der Waals surface area (Å²) in [5.41, 5.74) is 6.43. The van der Waals surface area contributed by atoms with Crippen molar-refractivity contribution in [2.45, 2.75) is 0 Å². The molecule has 0 aliphatic heterocycles. The van der Waals surface area contributed by atoms with Gasteiger partial charge in [0, 0.05) is 11.8 Å². The molecule has 2 aromatic carbocycles. The van der Waals surface area contributed by atoms with Crippen LogP contribution in [-0.4, -0.2) is 0 Å². The van der Waals surface area contributed by atoms with E-state index >= 15 is 0 Å². The highest BCUT2D eigenvalue weighted by molar-refractivity contribution is 6.32. The molecule has 0 unspecified atom stereocenters. The van der Waals surface area contributed by atoms with Gasteiger partial charge in [-0.25, -0.2) is 0 Å². The summed E-state index contributed by atoms with van der Waals surface area (Å²) in [7, 11) is 0. The highest BCUT2D eigenvalue weighted by Gasteiger charge is 2.04. The molecule has 0 aromatic heterocycles. The largest absolute Gasteiger partial charge is 0.456 e. The SMILES string of the molecule is N#Cc1cc(Oc2ccccc2Cl)ccc1N. The van der Waals surface area contributed by atoms with Gasteiger partial charge >= 0.3 is 0 Å². The third kappa shape index (κ3) is 2.49. The van der Waals surface area contributed by atoms with E-state index in [1.807, 2.05) is 18.2 Å². The number of nitrogens with zero attached hydrogens (tertiary/aromatic N) is 1. The molecule has 4 heteroatoms. The Balaban J connectivity index is 2.32. The van der Waals surface area contributed by atoms with Gasteiger partial charge < -0.3 is 10.5 Å². The Labute approximate surface area is 104 Å². The molecule has 0 aliphatic rings. The lowest BCUT2D eigenvalue weighted by atomic mass is 10.2. The van der Waals surface area contributed by atoms with Crippen LogP contribution >= 0.6 is 11.6 Å². The van der Waals surface area contributed by atoms with Gasteiger partial charge in [-0.3, -0.25) is 0 Å². The van der Waals surface area contributed by atoms with Gasteiger partial charge in [0.1, 0.15) is 17.6 Å². The van der Waals surface area contributed by atoms with Crippen molar-refractivity contribution in [3.8, 4) is 17.6 Å². The fourth-order valence-electron chi connectivity index (χ4n) is 1.35. The number of hydrogen-bond donors (Lipinski definition) is 1. The molecule has 0 aliphatic carbocycles. The molecule has 0 heterocycles. The maximum atomic E-state index is 8.85. The first-order valence-electron chi connectivity index (χ1n) is 4.92. The summed E-state index contributed by atoms with van der Waals surface area (Å²) in [6.45, 7) is 0. The molecular weight excluding hydrogens is 236 g/mol. The average Bonchev–Trinajstić information content (AvgIpc) is 2.34. The zero-order valence-electron chi connectivity index (χ0n) is 8.85. The van der Waals surface area contributed by atoms with Crippen LogP contribution in [0.5, 0.6) is 11.5 Å². The molecule has 0 bridgehead atoms. The fourth-order valence-corrected chi connectivity index (χ4v) is 1.52. The third-order valence-electron chi connectivity index (χ3n) is 2.21.